The molecule has 1 aliphatic rings. The normalized spacial score (nSPS) is 19.8. The molecule has 0 bridgehead atoms. The molecule has 4 nitrogen and oxygen atoms in total. The molecule has 2 atom stereocenters. The van der Waals surface area contributed by atoms with E-state index in [1.54, 1.807) is 11.3 Å². The minimum atomic E-state index is -0.482. The Hall–Kier alpha value is -2.02. The number of benzene rings is 1. The zero-order valence-electron chi connectivity index (χ0n) is 14.6. The van der Waals surface area contributed by atoms with Crippen LogP contribution in [-0.2, 0) is 6.54 Å². The number of nitrogens with one attached hydrogen (secondary N) is 2. The van der Waals surface area contributed by atoms with Crippen LogP contribution in [0, 0.1) is 25.5 Å². The SMILES string of the molecule is CCNC(=NCc1nc(C)c(C)s1)NC1CC1c1c(F)cccc1F. The largest absolute Gasteiger partial charge is 0.357 e. The third-order valence-corrected chi connectivity index (χ3v) is 5.33. The maximum atomic E-state index is 13.9. The highest BCUT2D eigenvalue weighted by Gasteiger charge is 2.42. The van der Waals surface area contributed by atoms with Gasteiger partial charge in [0.2, 0.25) is 0 Å². The number of aryl methyl sites for hydroxylation is 2. The Balaban J connectivity index is 1.66. The summed E-state index contributed by atoms with van der Waals surface area (Å²) >= 11 is 1.64. The molecular weight excluding hydrogens is 342 g/mol. The van der Waals surface area contributed by atoms with Gasteiger partial charge in [0.1, 0.15) is 16.6 Å². The zero-order valence-corrected chi connectivity index (χ0v) is 15.4. The Kier molecular flexibility index (Phi) is 5.32. The molecular formula is C18H22F2N4S. The van der Waals surface area contributed by atoms with Crippen molar-refractivity contribution in [2.24, 2.45) is 4.99 Å². The molecule has 0 amide bonds. The molecule has 1 aromatic carbocycles. The predicted octanol–water partition coefficient (Wildman–Crippen LogP) is 3.65. The summed E-state index contributed by atoms with van der Waals surface area (Å²) in [6.07, 6.45) is 0.692. The lowest BCUT2D eigenvalue weighted by Gasteiger charge is -2.11. The van der Waals surface area contributed by atoms with Crippen molar-refractivity contribution in [3.63, 3.8) is 0 Å². The molecule has 0 aliphatic heterocycles. The average Bonchev–Trinajstić information content (AvgIpc) is 3.22. The van der Waals surface area contributed by atoms with Crippen molar-refractivity contribution in [3.8, 4) is 0 Å². The summed E-state index contributed by atoms with van der Waals surface area (Å²) in [5.41, 5.74) is 1.20. The van der Waals surface area contributed by atoms with Crippen molar-refractivity contribution in [2.45, 2.75) is 45.7 Å². The van der Waals surface area contributed by atoms with E-state index in [1.807, 2.05) is 20.8 Å². The second-order valence-electron chi connectivity index (χ2n) is 6.17. The lowest BCUT2D eigenvalue weighted by Crippen LogP contribution is -2.39. The molecule has 3 rings (SSSR count). The zero-order chi connectivity index (χ0) is 18.0. The highest BCUT2D eigenvalue weighted by Crippen LogP contribution is 2.43. The topological polar surface area (TPSA) is 49.3 Å². The first-order chi connectivity index (χ1) is 12.0. The summed E-state index contributed by atoms with van der Waals surface area (Å²) in [6.45, 7) is 7.21. The summed E-state index contributed by atoms with van der Waals surface area (Å²) in [4.78, 5) is 10.2. The smallest absolute Gasteiger partial charge is 0.191 e. The molecule has 0 radical (unpaired) electrons. The van der Waals surface area contributed by atoms with Crippen LogP contribution in [0.5, 0.6) is 0 Å². The molecule has 0 spiro atoms. The fraction of sp³-hybridized carbons (Fsp3) is 0.444. The van der Waals surface area contributed by atoms with Gasteiger partial charge in [-0.2, -0.15) is 0 Å². The number of guanidine groups is 1. The van der Waals surface area contributed by atoms with Gasteiger partial charge in [0.05, 0.1) is 12.2 Å². The lowest BCUT2D eigenvalue weighted by molar-refractivity contribution is 0.553. The van der Waals surface area contributed by atoms with Gasteiger partial charge in [-0.1, -0.05) is 6.07 Å². The van der Waals surface area contributed by atoms with Crippen LogP contribution in [0.25, 0.3) is 0 Å². The van der Waals surface area contributed by atoms with Gasteiger partial charge in [0, 0.05) is 28.9 Å². The molecule has 2 N–H and O–H groups in total. The van der Waals surface area contributed by atoms with E-state index in [2.05, 4.69) is 20.6 Å². The highest BCUT2D eigenvalue weighted by atomic mass is 32.1. The fourth-order valence-corrected chi connectivity index (χ4v) is 3.65. The van der Waals surface area contributed by atoms with Crippen LogP contribution in [0.4, 0.5) is 8.78 Å². The maximum absolute atomic E-state index is 13.9. The number of hydrogen-bond acceptors (Lipinski definition) is 3. The summed E-state index contributed by atoms with van der Waals surface area (Å²) in [5.74, 6) is -0.471. The summed E-state index contributed by atoms with van der Waals surface area (Å²) in [6, 6.07) is 3.99. The van der Waals surface area contributed by atoms with Gasteiger partial charge >= 0.3 is 0 Å². The van der Waals surface area contributed by atoms with Gasteiger partial charge in [-0.15, -0.1) is 11.3 Å². The first kappa shape index (κ1) is 17.8. The van der Waals surface area contributed by atoms with Gasteiger partial charge in [-0.25, -0.2) is 18.8 Å². The fourth-order valence-electron chi connectivity index (χ4n) is 2.79. The second kappa shape index (κ2) is 7.47. The van der Waals surface area contributed by atoms with Crippen molar-refractivity contribution >= 4 is 17.3 Å². The molecule has 1 aliphatic carbocycles. The monoisotopic (exact) mass is 364 g/mol. The molecule has 0 saturated heterocycles. The van der Waals surface area contributed by atoms with Crippen molar-refractivity contribution in [2.75, 3.05) is 6.54 Å². The molecule has 2 unspecified atom stereocenters. The van der Waals surface area contributed by atoms with Crippen LogP contribution < -0.4 is 10.6 Å². The first-order valence-electron chi connectivity index (χ1n) is 8.41. The number of thiazole rings is 1. The number of aliphatic imine (C=N–C) groups is 1. The molecule has 1 saturated carbocycles. The van der Waals surface area contributed by atoms with Crippen LogP contribution >= 0.6 is 11.3 Å². The summed E-state index contributed by atoms with van der Waals surface area (Å²) < 4.78 is 27.8. The third-order valence-electron chi connectivity index (χ3n) is 4.27. The maximum Gasteiger partial charge on any atom is 0.191 e. The van der Waals surface area contributed by atoms with E-state index in [9.17, 15) is 8.78 Å². The van der Waals surface area contributed by atoms with E-state index in [0.29, 0.717) is 25.5 Å². The van der Waals surface area contributed by atoms with Crippen LogP contribution in [0.1, 0.15) is 40.4 Å². The van der Waals surface area contributed by atoms with Crippen LogP contribution in [-0.4, -0.2) is 23.5 Å². The Morgan fingerprint density at radius 3 is 2.64 bits per heavy atom. The van der Waals surface area contributed by atoms with Gasteiger partial charge in [-0.05, 0) is 39.3 Å². The Morgan fingerprint density at radius 2 is 2.04 bits per heavy atom. The third kappa shape index (κ3) is 4.15. The molecule has 1 aromatic heterocycles. The van der Waals surface area contributed by atoms with E-state index < -0.39 is 11.6 Å². The van der Waals surface area contributed by atoms with Crippen LogP contribution in [0.15, 0.2) is 23.2 Å². The Bertz CT molecular complexity index is 748. The first-order valence-corrected chi connectivity index (χ1v) is 9.23. The van der Waals surface area contributed by atoms with E-state index in [-0.39, 0.29) is 17.5 Å². The minimum Gasteiger partial charge on any atom is -0.357 e. The number of halogens is 2. The molecule has 7 heteroatoms. The van der Waals surface area contributed by atoms with Crippen molar-refractivity contribution < 1.29 is 8.78 Å². The second-order valence-corrected chi connectivity index (χ2v) is 7.46. The van der Waals surface area contributed by atoms with E-state index in [0.717, 1.165) is 10.7 Å². The van der Waals surface area contributed by atoms with Gasteiger partial charge in [-0.3, -0.25) is 0 Å². The van der Waals surface area contributed by atoms with Crippen molar-refractivity contribution in [1.29, 1.82) is 0 Å². The Labute approximate surface area is 150 Å². The quantitative estimate of drug-likeness (QED) is 0.629. The van der Waals surface area contributed by atoms with E-state index in [1.165, 1.54) is 23.1 Å². The summed E-state index contributed by atoms with van der Waals surface area (Å²) in [5, 5.41) is 7.40. The van der Waals surface area contributed by atoms with Crippen LogP contribution in [0.3, 0.4) is 0 Å². The van der Waals surface area contributed by atoms with Gasteiger partial charge in [0.25, 0.3) is 0 Å². The average molecular weight is 364 g/mol. The van der Waals surface area contributed by atoms with Crippen molar-refractivity contribution in [1.82, 2.24) is 15.6 Å². The molecule has 2 aromatic rings. The van der Waals surface area contributed by atoms with Crippen molar-refractivity contribution in [3.05, 3.63) is 51.0 Å². The van der Waals surface area contributed by atoms with Crippen LogP contribution in [0.2, 0.25) is 0 Å². The van der Waals surface area contributed by atoms with E-state index in [4.69, 9.17) is 0 Å². The molecule has 1 heterocycles. The van der Waals surface area contributed by atoms with Gasteiger partial charge < -0.3 is 10.6 Å². The number of rotatable bonds is 5. The van der Waals surface area contributed by atoms with E-state index >= 15 is 0 Å². The summed E-state index contributed by atoms with van der Waals surface area (Å²) in [7, 11) is 0. The molecule has 1 fully saturated rings. The number of nitrogens with zero attached hydrogens (tertiary/aromatic N) is 2. The predicted molar refractivity (Wildman–Crippen MR) is 97.0 cm³/mol. The lowest BCUT2D eigenvalue weighted by atomic mass is 10.1. The number of aromatic nitrogens is 1. The molecule has 25 heavy (non-hydrogen) atoms. The minimum absolute atomic E-state index is 0.0102. The molecule has 134 valence electrons. The number of hydrogen-bond donors (Lipinski definition) is 2. The van der Waals surface area contributed by atoms with Gasteiger partial charge in [0.15, 0.2) is 5.96 Å². The standard InChI is InChI=1S/C18H22F2N4S/c1-4-21-18(22-9-16-23-10(2)11(3)25-16)24-15-8-12(15)17-13(19)6-5-7-14(17)20/h5-7,12,15H,4,8-9H2,1-3H3,(H2,21,22,24). The highest BCUT2D eigenvalue weighted by molar-refractivity contribution is 7.11. The Morgan fingerprint density at radius 1 is 1.32 bits per heavy atom.